The molecular weight excluding hydrogens is 961 g/mol. The Morgan fingerprint density at radius 2 is 0.564 bits per heavy atom. The SMILES string of the molecule is CC/C=C\C/C=C\C/C=C\C/C=C\C/C=C\CC(=O)OC(COC(=O)CCCCCCC/C=C\CCC)COC(=O)CCCCCCCCCCCCCCCCCCCCCCCCCCCCCCCCCCCCC. The molecule has 0 bridgehead atoms. The van der Waals surface area contributed by atoms with Gasteiger partial charge in [0, 0.05) is 12.8 Å². The van der Waals surface area contributed by atoms with Gasteiger partial charge in [-0.05, 0) is 64.2 Å². The van der Waals surface area contributed by atoms with Crippen LogP contribution in [0.25, 0.3) is 0 Å². The van der Waals surface area contributed by atoms with Gasteiger partial charge < -0.3 is 14.2 Å². The van der Waals surface area contributed by atoms with E-state index in [1.54, 1.807) is 6.08 Å². The Morgan fingerprint density at radius 1 is 0.282 bits per heavy atom. The molecule has 0 aromatic rings. The molecule has 0 heterocycles. The van der Waals surface area contributed by atoms with Gasteiger partial charge in [0.25, 0.3) is 0 Å². The fraction of sp³-hybridized carbons (Fsp3) is 0.792. The van der Waals surface area contributed by atoms with E-state index in [0.29, 0.717) is 12.8 Å². The molecule has 1 unspecified atom stereocenters. The van der Waals surface area contributed by atoms with Crippen LogP contribution in [0.2, 0.25) is 0 Å². The first kappa shape index (κ1) is 74.8. The Bertz CT molecular complexity index is 1440. The van der Waals surface area contributed by atoms with Gasteiger partial charge in [0.2, 0.25) is 0 Å². The highest BCUT2D eigenvalue weighted by Crippen LogP contribution is 2.18. The second-order valence-corrected chi connectivity index (χ2v) is 22.7. The molecule has 78 heavy (non-hydrogen) atoms. The lowest BCUT2D eigenvalue weighted by molar-refractivity contribution is -0.166. The van der Waals surface area contributed by atoms with E-state index in [4.69, 9.17) is 14.2 Å². The zero-order valence-corrected chi connectivity index (χ0v) is 51.9. The minimum atomic E-state index is -0.832. The molecule has 0 aromatic heterocycles. The normalized spacial score (nSPS) is 12.5. The van der Waals surface area contributed by atoms with Gasteiger partial charge in [-0.25, -0.2) is 0 Å². The summed E-state index contributed by atoms with van der Waals surface area (Å²) in [6, 6.07) is 0. The summed E-state index contributed by atoms with van der Waals surface area (Å²) in [6.07, 6.45) is 87.2. The van der Waals surface area contributed by atoms with Gasteiger partial charge in [0.05, 0.1) is 6.42 Å². The lowest BCUT2D eigenvalue weighted by Crippen LogP contribution is -2.30. The predicted molar refractivity (Wildman–Crippen MR) is 339 cm³/mol. The second kappa shape index (κ2) is 66.4. The summed E-state index contributed by atoms with van der Waals surface area (Å²) in [5.41, 5.74) is 0. The Kier molecular flexibility index (Phi) is 63.7. The molecule has 0 amide bonds. The Labute approximate surface area is 484 Å². The van der Waals surface area contributed by atoms with E-state index in [1.807, 2.05) is 6.08 Å². The molecule has 0 aromatic carbocycles. The van der Waals surface area contributed by atoms with Crippen molar-refractivity contribution in [2.75, 3.05) is 13.2 Å². The van der Waals surface area contributed by atoms with Gasteiger partial charge in [0.1, 0.15) is 13.2 Å². The lowest BCUT2D eigenvalue weighted by Gasteiger charge is -2.18. The zero-order valence-electron chi connectivity index (χ0n) is 51.9. The topological polar surface area (TPSA) is 78.9 Å². The monoisotopic (exact) mass is 1090 g/mol. The van der Waals surface area contributed by atoms with Crippen molar-refractivity contribution in [3.05, 3.63) is 72.9 Å². The molecule has 0 aliphatic rings. The van der Waals surface area contributed by atoms with Crippen LogP contribution < -0.4 is 0 Å². The third-order valence-electron chi connectivity index (χ3n) is 15.0. The standard InChI is InChI=1S/C72H128O6/c1-4-7-10-13-16-19-22-24-26-27-28-29-30-31-32-33-34-35-36-37-38-39-40-41-42-43-44-45-47-48-50-53-56-59-62-65-71(74)77-68-69(67-76-70(73)64-61-58-55-52-21-18-15-12-9-6-3)78-72(75)66-63-60-57-54-51-49-46-25-23-20-17-14-11-8-5-2/h8,11-12,15,17,20,25,46,51,54,60,63,69H,4-7,9-10,13-14,16,18-19,21-24,26-45,47-50,52-53,55-59,61-62,64-68H2,1-3H3/b11-8-,15-12-,20-17-,46-25-,54-51-,63-60-. The third kappa shape index (κ3) is 63.7. The lowest BCUT2D eigenvalue weighted by atomic mass is 10.0. The molecule has 0 N–H and O–H groups in total. The highest BCUT2D eigenvalue weighted by atomic mass is 16.6. The number of esters is 3. The van der Waals surface area contributed by atoms with E-state index in [0.717, 1.165) is 89.9 Å². The van der Waals surface area contributed by atoms with Crippen LogP contribution >= 0.6 is 0 Å². The van der Waals surface area contributed by atoms with Crippen LogP contribution in [0.15, 0.2) is 72.9 Å². The van der Waals surface area contributed by atoms with E-state index in [1.165, 1.54) is 218 Å². The minimum absolute atomic E-state index is 0.0973. The molecule has 0 spiro atoms. The summed E-state index contributed by atoms with van der Waals surface area (Å²) in [7, 11) is 0. The first-order valence-electron chi connectivity index (χ1n) is 33.9. The number of hydrogen-bond donors (Lipinski definition) is 0. The molecule has 6 nitrogen and oxygen atoms in total. The Balaban J connectivity index is 4.04. The number of rotatable bonds is 62. The number of carbonyl (C=O) groups is 3. The molecule has 1 atom stereocenters. The van der Waals surface area contributed by atoms with E-state index in [2.05, 4.69) is 81.5 Å². The predicted octanol–water partition coefficient (Wildman–Crippen LogP) is 23.3. The average Bonchev–Trinajstić information content (AvgIpc) is 3.44. The van der Waals surface area contributed by atoms with Crippen molar-refractivity contribution in [1.82, 2.24) is 0 Å². The number of hydrogen-bond acceptors (Lipinski definition) is 6. The largest absolute Gasteiger partial charge is 0.462 e. The van der Waals surface area contributed by atoms with Crippen molar-refractivity contribution in [3.8, 4) is 0 Å². The molecule has 0 rings (SSSR count). The van der Waals surface area contributed by atoms with Gasteiger partial charge in [-0.1, -0.05) is 338 Å². The van der Waals surface area contributed by atoms with Crippen LogP contribution in [0.5, 0.6) is 0 Å². The van der Waals surface area contributed by atoms with E-state index < -0.39 is 12.1 Å². The van der Waals surface area contributed by atoms with Crippen LogP contribution in [-0.2, 0) is 28.6 Å². The molecule has 0 saturated carbocycles. The van der Waals surface area contributed by atoms with Crippen LogP contribution in [-0.4, -0.2) is 37.2 Å². The molecule has 6 heteroatoms. The van der Waals surface area contributed by atoms with E-state index in [-0.39, 0.29) is 31.6 Å². The minimum Gasteiger partial charge on any atom is -0.462 e. The maximum absolute atomic E-state index is 12.8. The maximum atomic E-state index is 12.8. The molecule has 0 fully saturated rings. The summed E-state index contributed by atoms with van der Waals surface area (Å²) in [5, 5.41) is 0. The van der Waals surface area contributed by atoms with Crippen LogP contribution in [0.3, 0.4) is 0 Å². The first-order chi connectivity index (χ1) is 38.5. The van der Waals surface area contributed by atoms with Crippen molar-refractivity contribution in [3.63, 3.8) is 0 Å². The zero-order chi connectivity index (χ0) is 56.4. The smallest absolute Gasteiger partial charge is 0.310 e. The van der Waals surface area contributed by atoms with Gasteiger partial charge in [-0.3, -0.25) is 14.4 Å². The molecule has 0 aliphatic heterocycles. The molecule has 0 radical (unpaired) electrons. The summed E-state index contributed by atoms with van der Waals surface area (Å²) >= 11 is 0. The quantitative estimate of drug-likeness (QED) is 0.0261. The number of unbranched alkanes of at least 4 members (excludes halogenated alkanes) is 40. The van der Waals surface area contributed by atoms with Crippen molar-refractivity contribution in [1.29, 1.82) is 0 Å². The van der Waals surface area contributed by atoms with Crippen LogP contribution in [0.1, 0.15) is 348 Å². The molecule has 0 saturated heterocycles. The fourth-order valence-corrected chi connectivity index (χ4v) is 9.94. The highest BCUT2D eigenvalue weighted by molar-refractivity contribution is 5.72. The number of ether oxygens (including phenoxy) is 3. The van der Waals surface area contributed by atoms with E-state index in [9.17, 15) is 14.4 Å². The third-order valence-corrected chi connectivity index (χ3v) is 15.0. The van der Waals surface area contributed by atoms with Crippen LogP contribution in [0.4, 0.5) is 0 Å². The van der Waals surface area contributed by atoms with Crippen LogP contribution in [0, 0.1) is 0 Å². The van der Waals surface area contributed by atoms with Gasteiger partial charge in [-0.2, -0.15) is 0 Å². The molecular formula is C72H128O6. The van der Waals surface area contributed by atoms with Crippen molar-refractivity contribution in [2.24, 2.45) is 0 Å². The van der Waals surface area contributed by atoms with Gasteiger partial charge in [0.15, 0.2) is 6.10 Å². The molecule has 452 valence electrons. The summed E-state index contributed by atoms with van der Waals surface area (Å²) < 4.78 is 16.7. The highest BCUT2D eigenvalue weighted by Gasteiger charge is 2.19. The van der Waals surface area contributed by atoms with E-state index >= 15 is 0 Å². The average molecular weight is 1090 g/mol. The van der Waals surface area contributed by atoms with Crippen molar-refractivity contribution in [2.45, 2.75) is 354 Å². The van der Waals surface area contributed by atoms with Gasteiger partial charge >= 0.3 is 17.9 Å². The van der Waals surface area contributed by atoms with Crippen molar-refractivity contribution >= 4 is 17.9 Å². The Morgan fingerprint density at radius 3 is 0.885 bits per heavy atom. The van der Waals surface area contributed by atoms with Crippen molar-refractivity contribution < 1.29 is 28.6 Å². The fourth-order valence-electron chi connectivity index (χ4n) is 9.94. The first-order valence-corrected chi connectivity index (χ1v) is 33.9. The summed E-state index contributed by atoms with van der Waals surface area (Å²) in [5.74, 6) is -1.05. The Hall–Kier alpha value is -3.15. The second-order valence-electron chi connectivity index (χ2n) is 22.7. The summed E-state index contributed by atoms with van der Waals surface area (Å²) in [6.45, 7) is 6.41. The van der Waals surface area contributed by atoms with Gasteiger partial charge in [-0.15, -0.1) is 0 Å². The number of carbonyl (C=O) groups excluding carboxylic acids is 3. The molecule has 0 aliphatic carbocycles. The number of allylic oxidation sites excluding steroid dienone is 11. The summed E-state index contributed by atoms with van der Waals surface area (Å²) in [4.78, 5) is 38.1. The maximum Gasteiger partial charge on any atom is 0.310 e.